The Morgan fingerprint density at radius 1 is 1.13 bits per heavy atom. The van der Waals surface area contributed by atoms with Gasteiger partial charge in [-0.15, -0.1) is 0 Å². The summed E-state index contributed by atoms with van der Waals surface area (Å²) in [5.74, 6) is -0.739. The number of ketones is 1. The van der Waals surface area contributed by atoms with Gasteiger partial charge in [-0.05, 0) is 43.4 Å². The average molecular weight is 406 g/mol. The van der Waals surface area contributed by atoms with Gasteiger partial charge in [-0.25, -0.2) is 0 Å². The second kappa shape index (κ2) is 9.41. The first kappa shape index (κ1) is 21.3. The van der Waals surface area contributed by atoms with Crippen molar-refractivity contribution in [3.63, 3.8) is 0 Å². The van der Waals surface area contributed by atoms with E-state index in [0.717, 1.165) is 11.1 Å². The Hall–Kier alpha value is -3.38. The van der Waals surface area contributed by atoms with Crippen molar-refractivity contribution in [2.45, 2.75) is 6.04 Å². The molecule has 1 amide bonds. The number of likely N-dealkylation sites (N-methyl/N-ethyl adjacent to an activating group) is 1. The van der Waals surface area contributed by atoms with E-state index in [0.29, 0.717) is 18.8 Å². The molecule has 30 heavy (non-hydrogen) atoms. The fraction of sp³-hybridized carbons (Fsp3) is 0.250. The molecule has 0 spiro atoms. The molecule has 1 heterocycles. The number of nitrogens with zero attached hydrogens (tertiary/aromatic N) is 2. The van der Waals surface area contributed by atoms with E-state index >= 15 is 0 Å². The topological polar surface area (TPSA) is 70.1 Å². The van der Waals surface area contributed by atoms with E-state index in [2.05, 4.69) is 0 Å². The lowest BCUT2D eigenvalue weighted by atomic mass is 9.95. The summed E-state index contributed by atoms with van der Waals surface area (Å²) < 4.78 is 5.22. The molecule has 2 aromatic rings. The number of rotatable bonds is 8. The number of ether oxygens (including phenoxy) is 1. The predicted octanol–water partition coefficient (Wildman–Crippen LogP) is 3.23. The molecule has 0 saturated heterocycles. The van der Waals surface area contributed by atoms with Crippen molar-refractivity contribution >= 4 is 17.8 Å². The number of allylic oxidation sites excluding steroid dienone is 1. The minimum atomic E-state index is -0.656. The Balaban J connectivity index is 1.97. The average Bonchev–Trinajstić information content (AvgIpc) is 3.01. The lowest BCUT2D eigenvalue weighted by Crippen LogP contribution is -2.36. The number of aliphatic hydroxyl groups is 1. The molecular formula is C24H26N2O4. The molecule has 0 fully saturated rings. The zero-order valence-corrected chi connectivity index (χ0v) is 17.4. The molecule has 3 rings (SSSR count). The van der Waals surface area contributed by atoms with Gasteiger partial charge in [0, 0.05) is 13.1 Å². The number of hydrogen-bond donors (Lipinski definition) is 1. The number of hydrogen-bond acceptors (Lipinski definition) is 5. The van der Waals surface area contributed by atoms with Gasteiger partial charge < -0.3 is 19.6 Å². The lowest BCUT2D eigenvalue weighted by molar-refractivity contribution is -0.129. The molecule has 1 N–H and O–H groups in total. The minimum absolute atomic E-state index is 0.0936. The van der Waals surface area contributed by atoms with E-state index in [1.54, 1.807) is 30.2 Å². The van der Waals surface area contributed by atoms with Gasteiger partial charge >= 0.3 is 0 Å². The number of carbonyl (C=O) groups excluding carboxylic acids is 2. The van der Waals surface area contributed by atoms with E-state index in [1.807, 2.05) is 61.5 Å². The summed E-state index contributed by atoms with van der Waals surface area (Å²) in [6.07, 6.45) is 3.08. The molecule has 2 aromatic carbocycles. The maximum atomic E-state index is 13.0. The van der Waals surface area contributed by atoms with Crippen molar-refractivity contribution in [2.24, 2.45) is 0 Å². The highest BCUT2D eigenvalue weighted by molar-refractivity contribution is 6.14. The first-order valence-corrected chi connectivity index (χ1v) is 9.72. The van der Waals surface area contributed by atoms with Crippen molar-refractivity contribution < 1.29 is 19.4 Å². The SMILES string of the molecule is COc1ccc(C2C(C(=O)C=Cc3ccccc3)=C(O)C(=O)N2CCN(C)C)cc1. The van der Waals surface area contributed by atoms with Gasteiger partial charge in [-0.1, -0.05) is 48.5 Å². The number of benzene rings is 2. The minimum Gasteiger partial charge on any atom is -0.503 e. The van der Waals surface area contributed by atoms with Gasteiger partial charge in [0.15, 0.2) is 11.5 Å². The highest BCUT2D eigenvalue weighted by atomic mass is 16.5. The van der Waals surface area contributed by atoms with Crippen molar-refractivity contribution in [1.29, 1.82) is 0 Å². The number of aliphatic hydroxyl groups excluding tert-OH is 1. The lowest BCUT2D eigenvalue weighted by Gasteiger charge is -2.27. The van der Waals surface area contributed by atoms with Crippen LogP contribution in [0.15, 0.2) is 72.0 Å². The summed E-state index contributed by atoms with van der Waals surface area (Å²) in [5, 5.41) is 10.6. The molecule has 1 atom stereocenters. The molecule has 156 valence electrons. The smallest absolute Gasteiger partial charge is 0.290 e. The van der Waals surface area contributed by atoms with Gasteiger partial charge in [0.1, 0.15) is 5.75 Å². The van der Waals surface area contributed by atoms with Crippen LogP contribution in [0.4, 0.5) is 0 Å². The van der Waals surface area contributed by atoms with Crippen LogP contribution in [0, 0.1) is 0 Å². The van der Waals surface area contributed by atoms with E-state index in [1.165, 1.54) is 6.08 Å². The van der Waals surface area contributed by atoms with Crippen molar-refractivity contribution in [3.05, 3.63) is 83.1 Å². The second-order valence-electron chi connectivity index (χ2n) is 7.35. The zero-order valence-electron chi connectivity index (χ0n) is 17.4. The van der Waals surface area contributed by atoms with Crippen LogP contribution in [0.3, 0.4) is 0 Å². The Morgan fingerprint density at radius 2 is 1.80 bits per heavy atom. The van der Waals surface area contributed by atoms with Crippen LogP contribution in [-0.4, -0.2) is 60.9 Å². The third-order valence-corrected chi connectivity index (χ3v) is 5.02. The van der Waals surface area contributed by atoms with Crippen LogP contribution in [0.25, 0.3) is 6.08 Å². The molecule has 0 saturated carbocycles. The monoisotopic (exact) mass is 406 g/mol. The molecule has 0 aliphatic carbocycles. The van der Waals surface area contributed by atoms with Gasteiger partial charge in [-0.3, -0.25) is 9.59 Å². The van der Waals surface area contributed by atoms with Crippen molar-refractivity contribution in [1.82, 2.24) is 9.80 Å². The van der Waals surface area contributed by atoms with Gasteiger partial charge in [-0.2, -0.15) is 0 Å². The summed E-state index contributed by atoms with van der Waals surface area (Å²) >= 11 is 0. The Labute approximate surface area is 176 Å². The second-order valence-corrected chi connectivity index (χ2v) is 7.35. The molecular weight excluding hydrogens is 380 g/mol. The third-order valence-electron chi connectivity index (χ3n) is 5.02. The predicted molar refractivity (Wildman–Crippen MR) is 116 cm³/mol. The summed E-state index contributed by atoms with van der Waals surface area (Å²) in [6, 6.07) is 15.9. The summed E-state index contributed by atoms with van der Waals surface area (Å²) in [7, 11) is 5.39. The third kappa shape index (κ3) is 4.60. The molecule has 0 bridgehead atoms. The van der Waals surface area contributed by atoms with Crippen LogP contribution in [-0.2, 0) is 9.59 Å². The molecule has 6 heteroatoms. The number of amides is 1. The zero-order chi connectivity index (χ0) is 21.7. The quantitative estimate of drug-likeness (QED) is 0.682. The normalized spacial score (nSPS) is 16.7. The van der Waals surface area contributed by atoms with Crippen molar-refractivity contribution in [2.75, 3.05) is 34.3 Å². The maximum Gasteiger partial charge on any atom is 0.290 e. The summed E-state index contributed by atoms with van der Waals surface area (Å²) in [6.45, 7) is 0.985. The van der Waals surface area contributed by atoms with Crippen LogP contribution >= 0.6 is 0 Å². The Bertz CT molecular complexity index is 962. The molecule has 1 aliphatic rings. The number of methoxy groups -OCH3 is 1. The maximum absolute atomic E-state index is 13.0. The van der Waals surface area contributed by atoms with Gasteiger partial charge in [0.2, 0.25) is 0 Å². The van der Waals surface area contributed by atoms with Crippen molar-refractivity contribution in [3.8, 4) is 5.75 Å². The van der Waals surface area contributed by atoms with Gasteiger partial charge in [0.25, 0.3) is 5.91 Å². The molecule has 1 aliphatic heterocycles. The summed E-state index contributed by atoms with van der Waals surface area (Å²) in [4.78, 5) is 29.4. The molecule has 0 radical (unpaired) electrons. The van der Waals surface area contributed by atoms with E-state index in [9.17, 15) is 14.7 Å². The first-order chi connectivity index (χ1) is 14.4. The fourth-order valence-electron chi connectivity index (χ4n) is 3.40. The molecule has 6 nitrogen and oxygen atoms in total. The van der Waals surface area contributed by atoms with Crippen LogP contribution in [0.1, 0.15) is 17.2 Å². The van der Waals surface area contributed by atoms with E-state index < -0.39 is 23.5 Å². The highest BCUT2D eigenvalue weighted by Gasteiger charge is 2.42. The van der Waals surface area contributed by atoms with Gasteiger partial charge in [0.05, 0.1) is 18.7 Å². The molecule has 1 unspecified atom stereocenters. The fourth-order valence-corrected chi connectivity index (χ4v) is 3.40. The number of carbonyl (C=O) groups is 2. The first-order valence-electron chi connectivity index (χ1n) is 9.72. The largest absolute Gasteiger partial charge is 0.503 e. The standard InChI is InChI=1S/C24H26N2O4/c1-25(2)15-16-26-22(18-10-12-19(30-3)13-11-18)21(23(28)24(26)29)20(27)14-9-17-7-5-4-6-8-17/h4-14,22,28H,15-16H2,1-3H3. The Kier molecular flexibility index (Phi) is 6.69. The van der Waals surface area contributed by atoms with E-state index in [-0.39, 0.29) is 5.57 Å². The van der Waals surface area contributed by atoms with Crippen LogP contribution in [0.2, 0.25) is 0 Å². The van der Waals surface area contributed by atoms with E-state index in [4.69, 9.17) is 4.74 Å². The van der Waals surface area contributed by atoms with Crippen LogP contribution < -0.4 is 4.74 Å². The van der Waals surface area contributed by atoms with Crippen LogP contribution in [0.5, 0.6) is 5.75 Å². The summed E-state index contributed by atoms with van der Waals surface area (Å²) in [5.41, 5.74) is 1.69. The Morgan fingerprint density at radius 3 is 2.40 bits per heavy atom. The highest BCUT2D eigenvalue weighted by Crippen LogP contribution is 2.38. The molecule has 0 aromatic heterocycles.